The summed E-state index contributed by atoms with van der Waals surface area (Å²) in [6.45, 7) is 11.6. The fraction of sp³-hybridized carbons (Fsp3) is 0.344. The SMILES string of the molecule is [C-]#[N+]c1cc(F)c(Nc2cc(Oc3ccc(CCCCCCCCCC)cc3)c(O)c3c2C(=O)c2c(O)c(Oc4ccc(CCCCCCCCCC)cc4)cc(Nc4cc(F)c(C(=O)OC)c(F)c4)c2C3=O)cc1F. The Morgan fingerprint density at radius 3 is 1.37 bits per heavy atom. The zero-order valence-electron chi connectivity index (χ0n) is 43.1. The second kappa shape index (κ2) is 26.6. The lowest BCUT2D eigenvalue weighted by Crippen LogP contribution is -2.24. The van der Waals surface area contributed by atoms with Gasteiger partial charge in [0.05, 0.1) is 53.0 Å². The number of unbranched alkanes of at least 4 members (excludes halogenated alkanes) is 14. The molecule has 0 saturated carbocycles. The number of esters is 1. The summed E-state index contributed by atoms with van der Waals surface area (Å²) >= 11 is 0. The topological polar surface area (TPSA) is 148 Å². The second-order valence-electron chi connectivity index (χ2n) is 19.1. The van der Waals surface area contributed by atoms with Gasteiger partial charge in [0.25, 0.3) is 0 Å². The number of phenols is 2. The molecular formula is C61H63F4N3O8. The number of fused-ring (bicyclic) bond motifs is 2. The fourth-order valence-electron chi connectivity index (χ4n) is 9.40. The van der Waals surface area contributed by atoms with Crippen LogP contribution in [0.5, 0.6) is 34.5 Å². The van der Waals surface area contributed by atoms with Crippen molar-refractivity contribution in [2.75, 3.05) is 17.7 Å². The molecule has 4 N–H and O–H groups in total. The van der Waals surface area contributed by atoms with Gasteiger partial charge < -0.3 is 35.1 Å². The van der Waals surface area contributed by atoms with E-state index >= 15 is 27.2 Å². The van der Waals surface area contributed by atoms with E-state index in [0.717, 1.165) is 93.9 Å². The molecule has 1 aliphatic rings. The zero-order chi connectivity index (χ0) is 54.3. The third-order valence-corrected chi connectivity index (χ3v) is 13.5. The Labute approximate surface area is 441 Å². The normalized spacial score (nSPS) is 11.7. The number of aryl methyl sites for hydroxylation is 2. The number of benzene rings is 6. The minimum absolute atomic E-state index is 0.205. The monoisotopic (exact) mass is 1040 g/mol. The van der Waals surface area contributed by atoms with Crippen LogP contribution in [-0.4, -0.2) is 34.9 Å². The minimum atomic E-state index is -1.33. The van der Waals surface area contributed by atoms with E-state index in [0.29, 0.717) is 12.1 Å². The summed E-state index contributed by atoms with van der Waals surface area (Å²) in [5.41, 5.74) is -3.74. The lowest BCUT2D eigenvalue weighted by Gasteiger charge is -2.27. The number of ketones is 2. The molecule has 6 aromatic rings. The standard InChI is InChI=1S/C61H63F4N3O8/c1-5-7-9-11-13-15-17-19-21-37-23-27-40(28-24-37)75-50-35-48(67-39-31-44(64)52(45(65)32-39)61(73)74-4)53-55(57(50)69)60(72)54-49(68-47-34-42(62)46(66-3)33-43(47)63)36-51(58(70)56(54)59(53)71)76-41-29-25-38(26-30-41)22-20-18-16-14-12-10-8-6-2/h23-36,67-70H,5-22H2,1-2,4H3. The van der Waals surface area contributed by atoms with E-state index in [1.807, 2.05) is 24.3 Å². The van der Waals surface area contributed by atoms with E-state index < -0.39 is 97.2 Å². The predicted molar refractivity (Wildman–Crippen MR) is 286 cm³/mol. The molecular weight excluding hydrogens is 979 g/mol. The summed E-state index contributed by atoms with van der Waals surface area (Å²) in [7, 11) is 0.949. The van der Waals surface area contributed by atoms with Gasteiger partial charge in [-0.25, -0.2) is 27.2 Å². The highest BCUT2D eigenvalue weighted by Crippen LogP contribution is 2.51. The first-order valence-corrected chi connectivity index (χ1v) is 26.2. The van der Waals surface area contributed by atoms with Crippen LogP contribution in [-0.2, 0) is 17.6 Å². The number of hydrogen-bond donors (Lipinski definition) is 4. The molecule has 0 aliphatic heterocycles. The van der Waals surface area contributed by atoms with Gasteiger partial charge in [-0.1, -0.05) is 128 Å². The van der Waals surface area contributed by atoms with Gasteiger partial charge in [0, 0.05) is 17.8 Å². The molecule has 0 aromatic heterocycles. The third kappa shape index (κ3) is 13.5. The number of methoxy groups -OCH3 is 1. The maximum absolute atomic E-state index is 15.7. The molecule has 0 atom stereocenters. The Balaban J connectivity index is 1.27. The van der Waals surface area contributed by atoms with E-state index in [-0.39, 0.29) is 34.3 Å². The molecule has 0 amide bonds. The van der Waals surface area contributed by atoms with Gasteiger partial charge in [0.1, 0.15) is 40.3 Å². The lowest BCUT2D eigenvalue weighted by molar-refractivity contribution is 0.0589. The number of nitrogens with zero attached hydrogens (tertiary/aromatic N) is 1. The number of hydrogen-bond acceptors (Lipinski definition) is 10. The van der Waals surface area contributed by atoms with Crippen LogP contribution >= 0.6 is 0 Å². The van der Waals surface area contributed by atoms with E-state index in [1.165, 1.54) is 64.2 Å². The van der Waals surface area contributed by atoms with Crippen LogP contribution in [0.1, 0.15) is 170 Å². The largest absolute Gasteiger partial charge is 0.504 e. The average molecular weight is 1040 g/mol. The maximum Gasteiger partial charge on any atom is 0.343 e. The summed E-state index contributed by atoms with van der Waals surface area (Å²) < 4.78 is 78.4. The number of carbonyl (C=O) groups excluding carboxylic acids is 3. The number of nitrogens with one attached hydrogen (secondary N) is 2. The van der Waals surface area contributed by atoms with Crippen molar-refractivity contribution in [2.45, 2.75) is 129 Å². The van der Waals surface area contributed by atoms with E-state index in [4.69, 9.17) is 16.0 Å². The van der Waals surface area contributed by atoms with Crippen LogP contribution in [0, 0.1) is 29.8 Å². The molecule has 0 spiro atoms. The molecule has 11 nitrogen and oxygen atoms in total. The van der Waals surface area contributed by atoms with Crippen molar-refractivity contribution >= 4 is 46.0 Å². The zero-order valence-corrected chi connectivity index (χ0v) is 43.1. The number of anilines is 4. The lowest BCUT2D eigenvalue weighted by atomic mass is 9.80. The minimum Gasteiger partial charge on any atom is -0.504 e. The molecule has 0 radical (unpaired) electrons. The smallest absolute Gasteiger partial charge is 0.343 e. The Kier molecular flexibility index (Phi) is 19.5. The number of phenolic OH excluding ortho intramolecular Hbond substituents is 2. The van der Waals surface area contributed by atoms with Crippen molar-refractivity contribution in [1.82, 2.24) is 0 Å². The quantitative estimate of drug-likeness (QED) is 0.0129. The first-order chi connectivity index (χ1) is 36.8. The summed E-state index contributed by atoms with van der Waals surface area (Å²) in [5.74, 6) is -10.5. The summed E-state index contributed by atoms with van der Waals surface area (Å²) in [6, 6.07) is 19.1. The molecule has 6 aromatic carbocycles. The average Bonchev–Trinajstić information content (AvgIpc) is 3.44. The molecule has 7 rings (SSSR count). The van der Waals surface area contributed by atoms with Crippen LogP contribution < -0.4 is 20.1 Å². The van der Waals surface area contributed by atoms with Crippen LogP contribution in [0.3, 0.4) is 0 Å². The highest BCUT2D eigenvalue weighted by molar-refractivity contribution is 6.34. The van der Waals surface area contributed by atoms with Crippen molar-refractivity contribution in [2.24, 2.45) is 0 Å². The number of aromatic hydroxyl groups is 2. The second-order valence-corrected chi connectivity index (χ2v) is 19.1. The Hall–Kier alpha value is -7.86. The van der Waals surface area contributed by atoms with Gasteiger partial charge in [0.15, 0.2) is 23.0 Å². The van der Waals surface area contributed by atoms with Crippen molar-refractivity contribution < 1.29 is 56.4 Å². The number of rotatable bonds is 27. The third-order valence-electron chi connectivity index (χ3n) is 13.5. The van der Waals surface area contributed by atoms with Crippen molar-refractivity contribution in [3.8, 4) is 34.5 Å². The molecule has 76 heavy (non-hydrogen) atoms. The van der Waals surface area contributed by atoms with Gasteiger partial charge in [-0.15, -0.1) is 0 Å². The van der Waals surface area contributed by atoms with Crippen LogP contribution in [0.2, 0.25) is 0 Å². The Morgan fingerprint density at radius 2 is 0.947 bits per heavy atom. The van der Waals surface area contributed by atoms with Gasteiger partial charge in [-0.2, -0.15) is 0 Å². The highest BCUT2D eigenvalue weighted by Gasteiger charge is 2.41. The number of halogens is 4. The first kappa shape index (κ1) is 55.9. The van der Waals surface area contributed by atoms with Crippen molar-refractivity contribution in [3.63, 3.8) is 0 Å². The van der Waals surface area contributed by atoms with Crippen molar-refractivity contribution in [1.29, 1.82) is 0 Å². The summed E-state index contributed by atoms with van der Waals surface area (Å²) in [6.07, 6.45) is 20.2. The Bertz CT molecular complexity index is 3080. The molecule has 0 saturated heterocycles. The highest BCUT2D eigenvalue weighted by atomic mass is 19.1. The first-order valence-electron chi connectivity index (χ1n) is 26.2. The maximum atomic E-state index is 15.7. The molecule has 1 aliphatic carbocycles. The van der Waals surface area contributed by atoms with E-state index in [9.17, 15) is 15.0 Å². The van der Waals surface area contributed by atoms with Crippen LogP contribution in [0.25, 0.3) is 4.85 Å². The fourth-order valence-corrected chi connectivity index (χ4v) is 9.40. The number of carbonyl (C=O) groups is 3. The van der Waals surface area contributed by atoms with E-state index in [2.05, 4.69) is 34.1 Å². The van der Waals surface area contributed by atoms with Crippen LogP contribution in [0.15, 0.2) is 84.9 Å². The molecule has 0 unspecified atom stereocenters. The molecule has 398 valence electrons. The summed E-state index contributed by atoms with van der Waals surface area (Å²) in [4.78, 5) is 45.6. The van der Waals surface area contributed by atoms with E-state index in [1.54, 1.807) is 24.3 Å². The van der Waals surface area contributed by atoms with Crippen molar-refractivity contribution in [3.05, 3.63) is 159 Å². The van der Waals surface area contributed by atoms with Gasteiger partial charge in [-0.05, 0) is 85.3 Å². The number of ether oxygens (including phenoxy) is 3. The van der Waals surface area contributed by atoms with Gasteiger partial charge >= 0.3 is 5.97 Å². The molecule has 15 heteroatoms. The molecule has 0 heterocycles. The van der Waals surface area contributed by atoms with Crippen LogP contribution in [0.4, 0.5) is 46.0 Å². The molecule has 0 fully saturated rings. The van der Waals surface area contributed by atoms with Gasteiger partial charge in [0.2, 0.25) is 17.3 Å². The van der Waals surface area contributed by atoms with Gasteiger partial charge in [-0.3, -0.25) is 9.59 Å². The predicted octanol–water partition coefficient (Wildman–Crippen LogP) is 17.2. The summed E-state index contributed by atoms with van der Waals surface area (Å²) in [5, 5.41) is 29.5. The molecule has 0 bridgehead atoms. The Morgan fingerprint density at radius 1 is 0.526 bits per heavy atom.